The highest BCUT2D eigenvalue weighted by molar-refractivity contribution is 6.31. The summed E-state index contributed by atoms with van der Waals surface area (Å²) in [6.07, 6.45) is 1.68. The van der Waals surface area contributed by atoms with Gasteiger partial charge in [0.15, 0.2) is 0 Å². The zero-order valence-corrected chi connectivity index (χ0v) is 14.9. The molecule has 26 heavy (non-hydrogen) atoms. The Hall–Kier alpha value is -3.12. The van der Waals surface area contributed by atoms with Crippen LogP contribution in [0.4, 0.5) is 23.1 Å². The van der Waals surface area contributed by atoms with Crippen molar-refractivity contribution in [1.29, 1.82) is 0 Å². The highest BCUT2D eigenvalue weighted by Crippen LogP contribution is 2.19. The Balaban J connectivity index is 1.63. The van der Waals surface area contributed by atoms with Crippen LogP contribution in [0, 0.1) is 0 Å². The molecule has 0 aliphatic heterocycles. The Morgan fingerprint density at radius 3 is 2.50 bits per heavy atom. The first-order chi connectivity index (χ1) is 12.6. The fraction of sp³-hybridized carbons (Fsp3) is 0.105. The summed E-state index contributed by atoms with van der Waals surface area (Å²) in [5.74, 6) is 1.06. The van der Waals surface area contributed by atoms with Crippen molar-refractivity contribution in [2.24, 2.45) is 0 Å². The lowest BCUT2D eigenvalue weighted by molar-refractivity contribution is -0.114. The van der Waals surface area contributed by atoms with Crippen molar-refractivity contribution in [2.45, 2.75) is 13.5 Å². The lowest BCUT2D eigenvalue weighted by Crippen LogP contribution is -2.06. The zero-order valence-electron chi connectivity index (χ0n) is 14.2. The molecule has 0 aliphatic carbocycles. The van der Waals surface area contributed by atoms with Crippen LogP contribution in [0.5, 0.6) is 0 Å². The number of benzene rings is 2. The fourth-order valence-corrected chi connectivity index (χ4v) is 2.52. The first-order valence-corrected chi connectivity index (χ1v) is 8.43. The van der Waals surface area contributed by atoms with E-state index in [4.69, 9.17) is 11.6 Å². The van der Waals surface area contributed by atoms with Crippen LogP contribution in [-0.2, 0) is 11.3 Å². The van der Waals surface area contributed by atoms with Gasteiger partial charge in [-0.05, 0) is 42.0 Å². The molecule has 2 aromatic carbocycles. The molecule has 0 bridgehead atoms. The molecule has 0 aliphatic rings. The van der Waals surface area contributed by atoms with Gasteiger partial charge in [0.1, 0.15) is 5.82 Å². The summed E-state index contributed by atoms with van der Waals surface area (Å²) in [5, 5.41) is 9.81. The number of nitrogens with one attached hydrogen (secondary N) is 3. The van der Waals surface area contributed by atoms with E-state index in [0.29, 0.717) is 23.3 Å². The van der Waals surface area contributed by atoms with Gasteiger partial charge in [-0.2, -0.15) is 4.98 Å². The molecule has 132 valence electrons. The Labute approximate surface area is 156 Å². The normalized spacial score (nSPS) is 10.2. The number of amides is 1. The van der Waals surface area contributed by atoms with Crippen LogP contribution in [0.15, 0.2) is 60.8 Å². The largest absolute Gasteiger partial charge is 0.366 e. The number of anilines is 4. The predicted octanol–water partition coefficient (Wildman–Crippen LogP) is 4.44. The maximum absolute atomic E-state index is 11.0. The number of hydrogen-bond donors (Lipinski definition) is 3. The molecular formula is C19H18ClN5O. The molecule has 1 heterocycles. The van der Waals surface area contributed by atoms with Crippen LogP contribution in [-0.4, -0.2) is 15.9 Å². The second-order valence-electron chi connectivity index (χ2n) is 5.59. The van der Waals surface area contributed by atoms with Crippen LogP contribution >= 0.6 is 11.6 Å². The average Bonchev–Trinajstić information content (AvgIpc) is 2.63. The van der Waals surface area contributed by atoms with E-state index in [-0.39, 0.29) is 5.91 Å². The van der Waals surface area contributed by atoms with E-state index >= 15 is 0 Å². The Morgan fingerprint density at radius 2 is 1.77 bits per heavy atom. The van der Waals surface area contributed by atoms with Crippen LogP contribution in [0.1, 0.15) is 12.5 Å². The summed E-state index contributed by atoms with van der Waals surface area (Å²) in [5.41, 5.74) is 2.55. The number of nitrogens with zero attached hydrogens (tertiary/aromatic N) is 2. The van der Waals surface area contributed by atoms with Gasteiger partial charge in [-0.25, -0.2) is 4.98 Å². The minimum atomic E-state index is -0.105. The van der Waals surface area contributed by atoms with E-state index in [9.17, 15) is 4.79 Å². The fourth-order valence-electron chi connectivity index (χ4n) is 2.31. The molecule has 0 spiro atoms. The Bertz CT molecular complexity index is 898. The van der Waals surface area contributed by atoms with Crippen LogP contribution in [0.25, 0.3) is 0 Å². The Kier molecular flexibility index (Phi) is 5.66. The molecule has 0 unspecified atom stereocenters. The first-order valence-electron chi connectivity index (χ1n) is 8.05. The van der Waals surface area contributed by atoms with Crippen molar-refractivity contribution in [1.82, 2.24) is 9.97 Å². The average molecular weight is 368 g/mol. The highest BCUT2D eigenvalue weighted by Gasteiger charge is 2.03. The van der Waals surface area contributed by atoms with Gasteiger partial charge in [-0.1, -0.05) is 29.8 Å². The third kappa shape index (κ3) is 4.94. The molecule has 3 aromatic rings. The highest BCUT2D eigenvalue weighted by atomic mass is 35.5. The lowest BCUT2D eigenvalue weighted by Gasteiger charge is -2.10. The SMILES string of the molecule is CC(=O)Nc1ccc(Nc2nccc(NCc3ccccc3Cl)n2)cc1. The molecule has 0 fully saturated rings. The van der Waals surface area contributed by atoms with Crippen molar-refractivity contribution < 1.29 is 4.79 Å². The van der Waals surface area contributed by atoms with Gasteiger partial charge in [-0.3, -0.25) is 4.79 Å². The van der Waals surface area contributed by atoms with Gasteiger partial charge in [-0.15, -0.1) is 0 Å². The van der Waals surface area contributed by atoms with Crippen LogP contribution in [0.3, 0.4) is 0 Å². The third-order valence-corrected chi connectivity index (χ3v) is 3.90. The molecule has 1 amide bonds. The van der Waals surface area contributed by atoms with Gasteiger partial charge >= 0.3 is 0 Å². The van der Waals surface area contributed by atoms with Gasteiger partial charge in [0.25, 0.3) is 0 Å². The smallest absolute Gasteiger partial charge is 0.229 e. The number of carbonyl (C=O) groups excluding carboxylic acids is 1. The van der Waals surface area contributed by atoms with Crippen molar-refractivity contribution in [2.75, 3.05) is 16.0 Å². The molecule has 0 radical (unpaired) electrons. The predicted molar refractivity (Wildman–Crippen MR) is 105 cm³/mol. The second-order valence-corrected chi connectivity index (χ2v) is 6.00. The van der Waals surface area contributed by atoms with E-state index in [1.54, 1.807) is 12.3 Å². The minimum Gasteiger partial charge on any atom is -0.366 e. The number of carbonyl (C=O) groups is 1. The topological polar surface area (TPSA) is 78.9 Å². The van der Waals surface area contributed by atoms with Crippen molar-refractivity contribution in [3.05, 3.63) is 71.4 Å². The van der Waals surface area contributed by atoms with Gasteiger partial charge in [0, 0.05) is 36.1 Å². The van der Waals surface area contributed by atoms with Gasteiger partial charge in [0.05, 0.1) is 0 Å². The second kappa shape index (κ2) is 8.31. The quantitative estimate of drug-likeness (QED) is 0.600. The molecule has 6 nitrogen and oxygen atoms in total. The minimum absolute atomic E-state index is 0.105. The summed E-state index contributed by atoms with van der Waals surface area (Å²) < 4.78 is 0. The zero-order chi connectivity index (χ0) is 18.4. The number of aromatic nitrogens is 2. The summed E-state index contributed by atoms with van der Waals surface area (Å²) in [6.45, 7) is 2.04. The molecule has 3 rings (SSSR count). The van der Waals surface area contributed by atoms with E-state index in [1.165, 1.54) is 6.92 Å². The molecular weight excluding hydrogens is 350 g/mol. The molecule has 3 N–H and O–H groups in total. The van der Waals surface area contributed by atoms with E-state index < -0.39 is 0 Å². The first kappa shape index (κ1) is 17.7. The number of rotatable bonds is 6. The summed E-state index contributed by atoms with van der Waals surface area (Å²) in [7, 11) is 0. The lowest BCUT2D eigenvalue weighted by atomic mass is 10.2. The van der Waals surface area contributed by atoms with Crippen molar-refractivity contribution in [3.8, 4) is 0 Å². The molecule has 0 saturated carbocycles. The van der Waals surface area contributed by atoms with E-state index in [2.05, 4.69) is 25.9 Å². The molecule has 1 aromatic heterocycles. The molecule has 7 heteroatoms. The van der Waals surface area contributed by atoms with Crippen molar-refractivity contribution in [3.63, 3.8) is 0 Å². The number of hydrogen-bond acceptors (Lipinski definition) is 5. The summed E-state index contributed by atoms with van der Waals surface area (Å²) >= 11 is 6.16. The maximum Gasteiger partial charge on any atom is 0.229 e. The summed E-state index contributed by atoms with van der Waals surface area (Å²) in [4.78, 5) is 19.7. The van der Waals surface area contributed by atoms with E-state index in [1.807, 2.05) is 48.5 Å². The van der Waals surface area contributed by atoms with Crippen molar-refractivity contribution >= 4 is 40.6 Å². The Morgan fingerprint density at radius 1 is 1.04 bits per heavy atom. The molecule has 0 saturated heterocycles. The maximum atomic E-state index is 11.0. The van der Waals surface area contributed by atoms with Gasteiger partial charge in [0.2, 0.25) is 11.9 Å². The summed E-state index contributed by atoms with van der Waals surface area (Å²) in [6, 6.07) is 16.8. The molecule has 0 atom stereocenters. The van der Waals surface area contributed by atoms with E-state index in [0.717, 1.165) is 16.9 Å². The standard InChI is InChI=1S/C19H18ClN5O/c1-13(26)23-15-6-8-16(9-7-15)24-19-21-11-10-18(25-19)22-12-14-4-2-3-5-17(14)20/h2-11H,12H2,1H3,(H,23,26)(H2,21,22,24,25). The van der Waals surface area contributed by atoms with Crippen LogP contribution < -0.4 is 16.0 Å². The van der Waals surface area contributed by atoms with Gasteiger partial charge < -0.3 is 16.0 Å². The van der Waals surface area contributed by atoms with Crippen LogP contribution in [0.2, 0.25) is 5.02 Å². The monoisotopic (exact) mass is 367 g/mol. The number of halogens is 1. The third-order valence-electron chi connectivity index (χ3n) is 3.53.